The third-order valence-corrected chi connectivity index (χ3v) is 9.34. The minimum absolute atomic E-state index is 0.0324. The molecule has 4 rings (SSSR count). The van der Waals surface area contributed by atoms with Gasteiger partial charge in [-0.3, -0.25) is 24.0 Å². The van der Waals surface area contributed by atoms with Crippen LogP contribution in [0.25, 0.3) is 0 Å². The van der Waals surface area contributed by atoms with E-state index in [-0.39, 0.29) is 18.4 Å². The number of esters is 6. The molecule has 0 radical (unpaired) electrons. The molecule has 0 amide bonds. The lowest BCUT2D eigenvalue weighted by molar-refractivity contribution is -0.224. The van der Waals surface area contributed by atoms with E-state index in [0.717, 1.165) is 13.8 Å². The lowest BCUT2D eigenvalue weighted by Gasteiger charge is -2.54. The molecule has 0 saturated carbocycles. The lowest BCUT2D eigenvalue weighted by atomic mass is 9.56. The first-order valence-electron chi connectivity index (χ1n) is 15.1. The van der Waals surface area contributed by atoms with Gasteiger partial charge < -0.3 is 33.2 Å². The second-order valence-electron chi connectivity index (χ2n) is 12.6. The predicted molar refractivity (Wildman–Crippen MR) is 153 cm³/mol. The largest absolute Gasteiger partial charge is 0.461 e. The number of fused-ring (bicyclic) bond motifs is 1. The van der Waals surface area contributed by atoms with E-state index in [0.29, 0.717) is 12.0 Å². The highest BCUT2D eigenvalue weighted by Gasteiger charge is 2.87. The van der Waals surface area contributed by atoms with Crippen molar-refractivity contribution >= 4 is 35.8 Å². The van der Waals surface area contributed by atoms with E-state index in [1.165, 1.54) is 26.8 Å². The Morgan fingerprint density at radius 3 is 1.96 bits per heavy atom. The summed E-state index contributed by atoms with van der Waals surface area (Å²) in [4.78, 5) is 77.2. The van der Waals surface area contributed by atoms with Crippen LogP contribution in [0, 0.1) is 11.3 Å². The normalized spacial score (nSPS) is 39.6. The summed E-state index contributed by atoms with van der Waals surface area (Å²) >= 11 is 0. The smallest absolute Gasteiger partial charge is 0.342 e. The van der Waals surface area contributed by atoms with Gasteiger partial charge in [0.1, 0.15) is 12.2 Å². The van der Waals surface area contributed by atoms with Crippen LogP contribution in [0.4, 0.5) is 0 Å². The summed E-state index contributed by atoms with van der Waals surface area (Å²) < 4.78 is 41.8. The van der Waals surface area contributed by atoms with Crippen LogP contribution in [0.15, 0.2) is 23.3 Å². The fourth-order valence-electron chi connectivity index (χ4n) is 7.41. The molecule has 248 valence electrons. The fourth-order valence-corrected chi connectivity index (χ4v) is 7.41. The van der Waals surface area contributed by atoms with E-state index in [2.05, 4.69) is 0 Å². The Morgan fingerprint density at radius 2 is 1.42 bits per heavy atom. The molecule has 13 nitrogen and oxygen atoms in total. The molecule has 0 bridgehead atoms. The van der Waals surface area contributed by atoms with Gasteiger partial charge in [-0.05, 0) is 38.8 Å². The van der Waals surface area contributed by atoms with Crippen molar-refractivity contribution in [1.29, 1.82) is 0 Å². The maximum atomic E-state index is 13.3. The lowest BCUT2D eigenvalue weighted by Crippen LogP contribution is -2.66. The summed E-state index contributed by atoms with van der Waals surface area (Å²) in [6.07, 6.45) is -3.75. The first-order chi connectivity index (χ1) is 20.9. The Balaban J connectivity index is 2.12. The quantitative estimate of drug-likeness (QED) is 0.173. The van der Waals surface area contributed by atoms with Crippen molar-refractivity contribution in [3.05, 3.63) is 23.3 Å². The second kappa shape index (κ2) is 12.2. The standard InChI is InChI=1S/C32H42O13/c1-10-11-23(37)44-25-16(3)14-22-32(31(9,45-32)29(38)43-22)27(41-19(6)35)24-15(2)12-13-21(39-17(4)33)30(24,8)28(42-20(7)36)26(25)40-18(5)34/h12,14,21-22,24-28H,10-11,13H2,1-9H3/b16-14+/t21-,22-,24+,25+,26-,27-,28-,30-,31-,32-/m0/s1. The first-order valence-corrected chi connectivity index (χ1v) is 15.1. The number of ether oxygens (including phenoxy) is 7. The Morgan fingerprint density at radius 1 is 0.844 bits per heavy atom. The van der Waals surface area contributed by atoms with E-state index >= 15 is 0 Å². The van der Waals surface area contributed by atoms with Gasteiger partial charge in [0, 0.05) is 46.5 Å². The molecular weight excluding hydrogens is 592 g/mol. The van der Waals surface area contributed by atoms with Crippen molar-refractivity contribution in [2.24, 2.45) is 11.3 Å². The molecule has 2 saturated heterocycles. The maximum absolute atomic E-state index is 13.3. The van der Waals surface area contributed by atoms with E-state index in [9.17, 15) is 28.8 Å². The number of epoxide rings is 1. The molecule has 2 fully saturated rings. The molecule has 45 heavy (non-hydrogen) atoms. The Bertz CT molecular complexity index is 1350. The molecule has 2 heterocycles. The van der Waals surface area contributed by atoms with Crippen molar-refractivity contribution in [3.8, 4) is 0 Å². The van der Waals surface area contributed by atoms with Crippen LogP contribution in [-0.2, 0) is 61.9 Å². The van der Waals surface area contributed by atoms with Crippen LogP contribution < -0.4 is 0 Å². The molecule has 0 N–H and O–H groups in total. The molecule has 1 spiro atoms. The Kier molecular flexibility index (Phi) is 9.27. The van der Waals surface area contributed by atoms with Gasteiger partial charge in [0.15, 0.2) is 35.6 Å². The molecule has 13 heteroatoms. The molecule has 4 aliphatic rings. The van der Waals surface area contributed by atoms with Gasteiger partial charge in [-0.25, -0.2) is 4.79 Å². The number of carbonyl (C=O) groups is 6. The zero-order valence-corrected chi connectivity index (χ0v) is 27.1. The number of rotatable bonds is 7. The highest BCUT2D eigenvalue weighted by molar-refractivity contribution is 5.89. The van der Waals surface area contributed by atoms with Gasteiger partial charge in [-0.1, -0.05) is 25.5 Å². The summed E-state index contributed by atoms with van der Waals surface area (Å²) in [5.74, 6) is -5.17. The molecule has 0 aromatic heterocycles. The monoisotopic (exact) mass is 634 g/mol. The molecule has 2 aliphatic heterocycles. The van der Waals surface area contributed by atoms with Crippen molar-refractivity contribution in [3.63, 3.8) is 0 Å². The molecule has 2 aliphatic carbocycles. The van der Waals surface area contributed by atoms with Crippen molar-refractivity contribution < 1.29 is 61.9 Å². The number of hydrogen-bond acceptors (Lipinski definition) is 13. The zero-order valence-electron chi connectivity index (χ0n) is 27.1. The Hall–Kier alpha value is -3.74. The van der Waals surface area contributed by atoms with Crippen LogP contribution in [0.1, 0.15) is 81.6 Å². The van der Waals surface area contributed by atoms with Gasteiger partial charge in [-0.2, -0.15) is 0 Å². The summed E-state index contributed by atoms with van der Waals surface area (Å²) in [7, 11) is 0. The molecular formula is C32H42O13. The molecule has 10 atom stereocenters. The van der Waals surface area contributed by atoms with Crippen LogP contribution in [0.2, 0.25) is 0 Å². The van der Waals surface area contributed by atoms with Gasteiger partial charge in [0.25, 0.3) is 0 Å². The average molecular weight is 635 g/mol. The van der Waals surface area contributed by atoms with Crippen molar-refractivity contribution in [2.75, 3.05) is 0 Å². The Labute approximate surface area is 261 Å². The van der Waals surface area contributed by atoms with E-state index in [1.807, 2.05) is 0 Å². The first kappa shape index (κ1) is 34.1. The molecule has 0 aromatic rings. The van der Waals surface area contributed by atoms with Crippen molar-refractivity contribution in [2.45, 2.75) is 129 Å². The highest BCUT2D eigenvalue weighted by atomic mass is 16.7. The summed E-state index contributed by atoms with van der Waals surface area (Å²) in [5.41, 5.74) is -3.72. The van der Waals surface area contributed by atoms with Gasteiger partial charge in [0.05, 0.1) is 5.41 Å². The van der Waals surface area contributed by atoms with E-state index in [1.54, 1.807) is 33.8 Å². The molecule has 0 unspecified atom stereocenters. The summed E-state index contributed by atoms with van der Waals surface area (Å²) in [5, 5.41) is 0. The van der Waals surface area contributed by atoms with Crippen molar-refractivity contribution in [1.82, 2.24) is 0 Å². The highest BCUT2D eigenvalue weighted by Crippen LogP contribution is 2.65. The predicted octanol–water partition coefficient (Wildman–Crippen LogP) is 2.81. The third kappa shape index (κ3) is 5.75. The van der Waals surface area contributed by atoms with Gasteiger partial charge in [-0.15, -0.1) is 0 Å². The van der Waals surface area contributed by atoms with Gasteiger partial charge in [0.2, 0.25) is 0 Å². The van der Waals surface area contributed by atoms with E-state index < -0.39 is 95.0 Å². The van der Waals surface area contributed by atoms with Crippen LogP contribution in [0.5, 0.6) is 0 Å². The summed E-state index contributed by atoms with van der Waals surface area (Å²) in [6, 6.07) is 0. The minimum Gasteiger partial charge on any atom is -0.461 e. The second-order valence-corrected chi connectivity index (χ2v) is 12.6. The van der Waals surface area contributed by atoms with Gasteiger partial charge >= 0.3 is 35.8 Å². The minimum atomic E-state index is -1.57. The molecule has 0 aromatic carbocycles. The topological polar surface area (TPSA) is 170 Å². The third-order valence-electron chi connectivity index (χ3n) is 9.34. The maximum Gasteiger partial charge on any atom is 0.342 e. The summed E-state index contributed by atoms with van der Waals surface area (Å²) in [6.45, 7) is 13.1. The zero-order chi connectivity index (χ0) is 33.6. The number of hydrogen-bond donors (Lipinski definition) is 0. The average Bonchev–Trinajstić information content (AvgIpc) is 3.50. The fraction of sp³-hybridized carbons (Fsp3) is 0.688. The SMILES string of the molecule is CCCC(=O)O[C@@H]1/C(C)=C/[C@@H]2OC(=O)[C@]3(C)O[C@]23[C@@H](OC(C)=O)[C@H]2C(C)=CC[C@H](OC(C)=O)[C@]2(C)[C@@H](OC(C)=O)[C@H]1OC(C)=O. The van der Waals surface area contributed by atoms with Crippen LogP contribution >= 0.6 is 0 Å². The van der Waals surface area contributed by atoms with Crippen LogP contribution in [-0.4, -0.2) is 83.6 Å². The van der Waals surface area contributed by atoms with E-state index in [4.69, 9.17) is 33.2 Å². The van der Waals surface area contributed by atoms with Crippen LogP contribution in [0.3, 0.4) is 0 Å². The number of carbonyl (C=O) groups excluding carboxylic acids is 6.